The number of hydrogen-bond donors (Lipinski definition) is 2. The van der Waals surface area contributed by atoms with E-state index in [0.717, 1.165) is 12.8 Å². The van der Waals surface area contributed by atoms with E-state index in [4.69, 9.17) is 0 Å². The van der Waals surface area contributed by atoms with Crippen molar-refractivity contribution in [1.29, 1.82) is 0 Å². The van der Waals surface area contributed by atoms with Crippen molar-refractivity contribution >= 4 is 0 Å². The molecular formula is C24H32NO+. The van der Waals surface area contributed by atoms with Gasteiger partial charge in [-0.1, -0.05) is 87.0 Å². The quantitative estimate of drug-likeness (QED) is 0.744. The Morgan fingerprint density at radius 2 is 1.54 bits per heavy atom. The molecule has 3 N–H and O–H groups in total. The van der Waals surface area contributed by atoms with Gasteiger partial charge in [-0.3, -0.25) is 0 Å². The normalized spacial score (nSPS) is 31.5. The highest BCUT2D eigenvalue weighted by atomic mass is 16.3. The van der Waals surface area contributed by atoms with Crippen LogP contribution in [0.5, 0.6) is 0 Å². The number of aliphatic hydroxyl groups is 1. The molecule has 5 atom stereocenters. The van der Waals surface area contributed by atoms with Gasteiger partial charge in [-0.15, -0.1) is 6.58 Å². The summed E-state index contributed by atoms with van der Waals surface area (Å²) in [4.78, 5) is 0. The zero-order chi connectivity index (χ0) is 18.6. The highest BCUT2D eigenvalue weighted by Crippen LogP contribution is 2.46. The minimum Gasteiger partial charge on any atom is -0.388 e. The van der Waals surface area contributed by atoms with Gasteiger partial charge in [0.25, 0.3) is 0 Å². The predicted octanol–water partition coefficient (Wildman–Crippen LogP) is 4.41. The van der Waals surface area contributed by atoms with Gasteiger partial charge in [0.15, 0.2) is 0 Å². The van der Waals surface area contributed by atoms with Gasteiger partial charge in [-0.2, -0.15) is 0 Å². The molecule has 0 spiro atoms. The maximum Gasteiger partial charge on any atom is 0.118 e. The maximum absolute atomic E-state index is 11.9. The van der Waals surface area contributed by atoms with Crippen molar-refractivity contribution in [3.63, 3.8) is 0 Å². The molecule has 1 aliphatic rings. The van der Waals surface area contributed by atoms with Crippen LogP contribution in [0.3, 0.4) is 0 Å². The highest BCUT2D eigenvalue weighted by Gasteiger charge is 2.54. The molecule has 0 radical (unpaired) electrons. The fraction of sp³-hybridized carbons (Fsp3) is 0.417. The van der Waals surface area contributed by atoms with E-state index in [-0.39, 0.29) is 23.9 Å². The minimum absolute atomic E-state index is 0.152. The fourth-order valence-corrected chi connectivity index (χ4v) is 4.89. The fourth-order valence-electron chi connectivity index (χ4n) is 4.89. The van der Waals surface area contributed by atoms with Crippen molar-refractivity contribution in [2.75, 3.05) is 0 Å². The van der Waals surface area contributed by atoms with E-state index in [1.807, 2.05) is 6.08 Å². The Labute approximate surface area is 158 Å². The van der Waals surface area contributed by atoms with Crippen molar-refractivity contribution in [3.05, 3.63) is 84.4 Å². The molecule has 1 heterocycles. The van der Waals surface area contributed by atoms with Crippen molar-refractivity contribution in [2.45, 2.75) is 50.8 Å². The van der Waals surface area contributed by atoms with Crippen LogP contribution < -0.4 is 5.32 Å². The van der Waals surface area contributed by atoms with Crippen molar-refractivity contribution in [2.24, 2.45) is 11.8 Å². The summed E-state index contributed by atoms with van der Waals surface area (Å²) in [5.74, 6) is 0.363. The van der Waals surface area contributed by atoms with Crippen molar-refractivity contribution in [3.8, 4) is 0 Å². The van der Waals surface area contributed by atoms with Crippen LogP contribution in [-0.2, 0) is 0 Å². The van der Waals surface area contributed by atoms with E-state index >= 15 is 0 Å². The second-order valence-corrected chi connectivity index (χ2v) is 7.73. The van der Waals surface area contributed by atoms with Gasteiger partial charge in [-0.25, -0.2) is 0 Å². The highest BCUT2D eigenvalue weighted by molar-refractivity contribution is 5.24. The number of hydrogen-bond acceptors (Lipinski definition) is 1. The zero-order valence-corrected chi connectivity index (χ0v) is 16.0. The molecule has 1 fully saturated rings. The molecule has 26 heavy (non-hydrogen) atoms. The van der Waals surface area contributed by atoms with E-state index in [1.165, 1.54) is 11.1 Å². The van der Waals surface area contributed by atoms with Gasteiger partial charge >= 0.3 is 0 Å². The molecular weight excluding hydrogens is 318 g/mol. The first kappa shape index (κ1) is 18.9. The summed E-state index contributed by atoms with van der Waals surface area (Å²) in [6, 6.07) is 21.8. The molecule has 138 valence electrons. The first-order valence-electron chi connectivity index (χ1n) is 9.90. The van der Waals surface area contributed by atoms with Crippen LogP contribution in [0, 0.1) is 11.8 Å². The lowest BCUT2D eigenvalue weighted by atomic mass is 9.63. The van der Waals surface area contributed by atoms with E-state index in [0.29, 0.717) is 6.42 Å². The van der Waals surface area contributed by atoms with Gasteiger partial charge in [0.05, 0.1) is 5.60 Å². The Bertz CT molecular complexity index is 699. The third-order valence-corrected chi connectivity index (χ3v) is 6.26. The van der Waals surface area contributed by atoms with Crippen molar-refractivity contribution < 1.29 is 10.4 Å². The van der Waals surface area contributed by atoms with E-state index in [2.05, 4.69) is 86.4 Å². The third kappa shape index (κ3) is 3.49. The second-order valence-electron chi connectivity index (χ2n) is 7.73. The molecule has 2 heteroatoms. The molecule has 0 saturated carbocycles. The smallest absolute Gasteiger partial charge is 0.118 e. The van der Waals surface area contributed by atoms with Gasteiger partial charge in [0, 0.05) is 23.0 Å². The van der Waals surface area contributed by atoms with Crippen LogP contribution in [0.2, 0.25) is 0 Å². The SMILES string of the molecule is C=CC[C@]1(O)[C@H](CCC)[C@@H](c2ccccc2)[NH2+][C@H](c2ccccc2)[C@@H]1C. The van der Waals surface area contributed by atoms with E-state index < -0.39 is 5.60 Å². The summed E-state index contributed by atoms with van der Waals surface area (Å²) in [5, 5.41) is 14.4. The Hall–Kier alpha value is -1.90. The van der Waals surface area contributed by atoms with Gasteiger partial charge in [-0.05, 0) is 12.8 Å². The van der Waals surface area contributed by atoms with E-state index in [1.54, 1.807) is 0 Å². The molecule has 2 aromatic carbocycles. The average Bonchev–Trinajstić information content (AvgIpc) is 2.68. The summed E-state index contributed by atoms with van der Waals surface area (Å²) in [5.41, 5.74) is 1.85. The summed E-state index contributed by atoms with van der Waals surface area (Å²) < 4.78 is 0. The zero-order valence-electron chi connectivity index (χ0n) is 16.0. The lowest BCUT2D eigenvalue weighted by molar-refractivity contribution is -0.764. The molecule has 2 aromatic rings. The molecule has 0 bridgehead atoms. The number of piperidine rings is 1. The summed E-state index contributed by atoms with van der Waals surface area (Å²) in [7, 11) is 0. The molecule has 2 nitrogen and oxygen atoms in total. The topological polar surface area (TPSA) is 36.8 Å². The Morgan fingerprint density at radius 1 is 1.00 bits per heavy atom. The Kier molecular flexibility index (Phi) is 5.95. The average molecular weight is 351 g/mol. The molecule has 1 saturated heterocycles. The first-order valence-corrected chi connectivity index (χ1v) is 9.90. The van der Waals surface area contributed by atoms with Crippen LogP contribution in [-0.4, -0.2) is 10.7 Å². The van der Waals surface area contributed by atoms with Crippen LogP contribution in [0.4, 0.5) is 0 Å². The Balaban J connectivity index is 2.07. The summed E-state index contributed by atoms with van der Waals surface area (Å²) in [6.07, 6.45) is 4.63. The largest absolute Gasteiger partial charge is 0.388 e. The number of nitrogens with two attached hydrogens (primary N) is 1. The van der Waals surface area contributed by atoms with Gasteiger partial charge in [0.2, 0.25) is 0 Å². The number of benzene rings is 2. The minimum atomic E-state index is -0.743. The van der Waals surface area contributed by atoms with Gasteiger partial charge < -0.3 is 10.4 Å². The third-order valence-electron chi connectivity index (χ3n) is 6.26. The van der Waals surface area contributed by atoms with Crippen LogP contribution in [0.15, 0.2) is 73.3 Å². The van der Waals surface area contributed by atoms with Crippen LogP contribution in [0.25, 0.3) is 0 Å². The van der Waals surface area contributed by atoms with Crippen LogP contribution >= 0.6 is 0 Å². The van der Waals surface area contributed by atoms with E-state index in [9.17, 15) is 5.11 Å². The molecule has 0 aliphatic carbocycles. The van der Waals surface area contributed by atoms with Crippen molar-refractivity contribution in [1.82, 2.24) is 0 Å². The summed E-state index contributed by atoms with van der Waals surface area (Å²) >= 11 is 0. The molecule has 1 aliphatic heterocycles. The lowest BCUT2D eigenvalue weighted by Gasteiger charge is -2.50. The van der Waals surface area contributed by atoms with Gasteiger partial charge in [0.1, 0.15) is 12.1 Å². The number of quaternary nitrogens is 1. The molecule has 0 amide bonds. The summed E-state index contributed by atoms with van der Waals surface area (Å²) in [6.45, 7) is 8.38. The first-order chi connectivity index (χ1) is 12.6. The monoisotopic (exact) mass is 350 g/mol. The lowest BCUT2D eigenvalue weighted by Crippen LogP contribution is -2.93. The van der Waals surface area contributed by atoms with Crippen LogP contribution in [0.1, 0.15) is 56.3 Å². The molecule has 0 aromatic heterocycles. The maximum atomic E-state index is 11.9. The molecule has 3 rings (SSSR count). The predicted molar refractivity (Wildman–Crippen MR) is 108 cm³/mol. The standard InChI is InChI=1S/C24H31NO/c1-4-12-21-23(20-15-10-7-11-16-20)25-22(19-13-8-6-9-14-19)18(3)24(21,26)17-5-2/h5-11,13-16,18,21-23,25-26H,2,4,12,17H2,1,3H3/p+1/t18-,21+,22-,23+,24+/m0/s1. The molecule has 0 unspecified atom stereocenters. The number of rotatable bonds is 6. The Morgan fingerprint density at radius 3 is 2.04 bits per heavy atom. The second kappa shape index (κ2) is 8.20.